The van der Waals surface area contributed by atoms with E-state index in [4.69, 9.17) is 9.84 Å². The zero-order chi connectivity index (χ0) is 13.7. The van der Waals surface area contributed by atoms with Crippen LogP contribution in [0, 0.1) is 0 Å². The molecule has 1 heterocycles. The van der Waals surface area contributed by atoms with Crippen molar-refractivity contribution in [2.75, 3.05) is 20.2 Å². The average molecular weight is 300 g/mol. The van der Waals surface area contributed by atoms with Gasteiger partial charge in [0.15, 0.2) is 0 Å². The van der Waals surface area contributed by atoms with Gasteiger partial charge in [-0.2, -0.15) is 0 Å². The van der Waals surface area contributed by atoms with Gasteiger partial charge in [-0.15, -0.1) is 12.4 Å². The quantitative estimate of drug-likeness (QED) is 0.877. The van der Waals surface area contributed by atoms with E-state index >= 15 is 0 Å². The summed E-state index contributed by atoms with van der Waals surface area (Å²) in [4.78, 5) is 13.2. The molecule has 0 spiro atoms. The molecule has 5 heteroatoms. The highest BCUT2D eigenvalue weighted by Gasteiger charge is 2.29. The van der Waals surface area contributed by atoms with Gasteiger partial charge < -0.3 is 9.84 Å². The lowest BCUT2D eigenvalue weighted by Gasteiger charge is -2.20. The fraction of sp³-hybridized carbons (Fsp3) is 0.533. The van der Waals surface area contributed by atoms with Gasteiger partial charge in [-0.3, -0.25) is 9.69 Å². The number of carboxylic acid groups (broad SMARTS) is 1. The highest BCUT2D eigenvalue weighted by Crippen LogP contribution is 2.19. The fourth-order valence-electron chi connectivity index (χ4n) is 2.69. The molecule has 1 unspecified atom stereocenters. The molecule has 1 atom stereocenters. The summed E-state index contributed by atoms with van der Waals surface area (Å²) in [6.45, 7) is 1.77. The second-order valence-corrected chi connectivity index (χ2v) is 4.99. The third kappa shape index (κ3) is 4.39. The molecule has 0 bridgehead atoms. The number of halogens is 1. The summed E-state index contributed by atoms with van der Waals surface area (Å²) in [7, 11) is 1.67. The van der Waals surface area contributed by atoms with Gasteiger partial charge in [0.05, 0.1) is 7.11 Å². The van der Waals surface area contributed by atoms with Gasteiger partial charge in [-0.05, 0) is 56.5 Å². The molecule has 1 fully saturated rings. The Bertz CT molecular complexity index is 439. The summed E-state index contributed by atoms with van der Waals surface area (Å²) in [5.41, 5.74) is 1.24. The molecular formula is C15H22ClNO3. The summed E-state index contributed by atoms with van der Waals surface area (Å²) in [5, 5.41) is 9.11. The molecule has 1 aliphatic heterocycles. The first-order valence-corrected chi connectivity index (χ1v) is 6.80. The van der Waals surface area contributed by atoms with Crippen LogP contribution in [-0.2, 0) is 11.2 Å². The molecule has 0 radical (unpaired) electrons. The number of likely N-dealkylation sites (tertiary alicyclic amines) is 1. The van der Waals surface area contributed by atoms with Crippen molar-refractivity contribution in [3.05, 3.63) is 29.8 Å². The number of carboxylic acids is 1. The third-order valence-electron chi connectivity index (χ3n) is 3.69. The number of carbonyl (C=O) groups is 1. The van der Waals surface area contributed by atoms with Crippen LogP contribution < -0.4 is 4.74 Å². The number of hydrogen-bond acceptors (Lipinski definition) is 3. The SMILES string of the molecule is COc1cccc(CCCN2CCCC2C(=O)O)c1.Cl. The van der Waals surface area contributed by atoms with E-state index in [0.29, 0.717) is 0 Å². The minimum atomic E-state index is -0.682. The van der Waals surface area contributed by atoms with Crippen molar-refractivity contribution in [1.29, 1.82) is 0 Å². The van der Waals surface area contributed by atoms with Crippen molar-refractivity contribution in [1.82, 2.24) is 4.90 Å². The Morgan fingerprint density at radius 1 is 1.50 bits per heavy atom. The van der Waals surface area contributed by atoms with Crippen molar-refractivity contribution < 1.29 is 14.6 Å². The van der Waals surface area contributed by atoms with Crippen LogP contribution in [0.5, 0.6) is 5.75 Å². The van der Waals surface area contributed by atoms with Crippen LogP contribution in [0.25, 0.3) is 0 Å². The Labute approximate surface area is 126 Å². The number of benzene rings is 1. The number of nitrogens with zero attached hydrogens (tertiary/aromatic N) is 1. The number of aliphatic carboxylic acids is 1. The molecule has 1 aromatic carbocycles. The van der Waals surface area contributed by atoms with Crippen molar-refractivity contribution in [2.45, 2.75) is 31.7 Å². The van der Waals surface area contributed by atoms with Crippen LogP contribution in [0.15, 0.2) is 24.3 Å². The largest absolute Gasteiger partial charge is 0.497 e. The van der Waals surface area contributed by atoms with Crippen LogP contribution in [0.4, 0.5) is 0 Å². The first-order chi connectivity index (χ1) is 9.20. The van der Waals surface area contributed by atoms with E-state index in [1.165, 1.54) is 5.56 Å². The van der Waals surface area contributed by atoms with Crippen LogP contribution in [0.3, 0.4) is 0 Å². The highest BCUT2D eigenvalue weighted by atomic mass is 35.5. The molecule has 20 heavy (non-hydrogen) atoms. The molecule has 0 aromatic heterocycles. The maximum absolute atomic E-state index is 11.1. The topological polar surface area (TPSA) is 49.8 Å². The van der Waals surface area contributed by atoms with E-state index in [1.807, 2.05) is 18.2 Å². The Balaban J connectivity index is 0.00000200. The molecule has 1 N–H and O–H groups in total. The minimum Gasteiger partial charge on any atom is -0.497 e. The lowest BCUT2D eigenvalue weighted by atomic mass is 10.1. The zero-order valence-corrected chi connectivity index (χ0v) is 12.6. The Morgan fingerprint density at radius 2 is 2.30 bits per heavy atom. The predicted octanol–water partition coefficient (Wildman–Crippen LogP) is 2.60. The molecule has 1 saturated heterocycles. The summed E-state index contributed by atoms with van der Waals surface area (Å²) in [5.74, 6) is 0.195. The van der Waals surface area contributed by atoms with E-state index < -0.39 is 5.97 Å². The van der Waals surface area contributed by atoms with E-state index in [9.17, 15) is 4.79 Å². The van der Waals surface area contributed by atoms with Crippen molar-refractivity contribution in [3.8, 4) is 5.75 Å². The van der Waals surface area contributed by atoms with E-state index in [2.05, 4.69) is 11.0 Å². The van der Waals surface area contributed by atoms with Gasteiger partial charge >= 0.3 is 5.97 Å². The lowest BCUT2D eigenvalue weighted by Crippen LogP contribution is -2.36. The Hall–Kier alpha value is -1.26. The van der Waals surface area contributed by atoms with Gasteiger partial charge in [0.1, 0.15) is 11.8 Å². The molecule has 1 aliphatic rings. The number of rotatable bonds is 6. The number of ether oxygens (including phenoxy) is 1. The molecule has 0 saturated carbocycles. The normalized spacial score (nSPS) is 18.6. The maximum atomic E-state index is 11.1. The molecule has 0 aliphatic carbocycles. The van der Waals surface area contributed by atoms with Gasteiger partial charge in [-0.25, -0.2) is 0 Å². The predicted molar refractivity (Wildman–Crippen MR) is 80.8 cm³/mol. The highest BCUT2D eigenvalue weighted by molar-refractivity contribution is 5.85. The van der Waals surface area contributed by atoms with Crippen molar-refractivity contribution in [3.63, 3.8) is 0 Å². The summed E-state index contributed by atoms with van der Waals surface area (Å²) < 4.78 is 5.19. The standard InChI is InChI=1S/C15H21NO3.ClH/c1-19-13-7-2-5-12(11-13)6-3-9-16-10-4-8-14(16)15(17)18;/h2,5,7,11,14H,3-4,6,8-10H2,1H3,(H,17,18);1H. The number of aryl methyl sites for hydroxylation is 1. The monoisotopic (exact) mass is 299 g/mol. The molecule has 4 nitrogen and oxygen atoms in total. The zero-order valence-electron chi connectivity index (χ0n) is 11.7. The number of hydrogen-bond donors (Lipinski definition) is 1. The molecular weight excluding hydrogens is 278 g/mol. The summed E-state index contributed by atoms with van der Waals surface area (Å²) in [6, 6.07) is 7.78. The van der Waals surface area contributed by atoms with E-state index in [0.717, 1.165) is 44.5 Å². The Morgan fingerprint density at radius 3 is 3.00 bits per heavy atom. The van der Waals surface area contributed by atoms with Gasteiger partial charge in [0.25, 0.3) is 0 Å². The first-order valence-electron chi connectivity index (χ1n) is 6.80. The lowest BCUT2D eigenvalue weighted by molar-refractivity contribution is -0.142. The molecule has 1 aromatic rings. The summed E-state index contributed by atoms with van der Waals surface area (Å²) >= 11 is 0. The number of methoxy groups -OCH3 is 1. The van der Waals surface area contributed by atoms with Crippen molar-refractivity contribution >= 4 is 18.4 Å². The molecule has 0 amide bonds. The minimum absolute atomic E-state index is 0. The van der Waals surface area contributed by atoms with Crippen LogP contribution in [0.1, 0.15) is 24.8 Å². The van der Waals surface area contributed by atoms with Gasteiger partial charge in [0.2, 0.25) is 0 Å². The fourth-order valence-corrected chi connectivity index (χ4v) is 2.69. The van der Waals surface area contributed by atoms with Crippen LogP contribution in [0.2, 0.25) is 0 Å². The first kappa shape index (κ1) is 16.8. The molecule has 2 rings (SSSR count). The second kappa shape index (κ2) is 8.12. The molecule has 112 valence electrons. The Kier molecular flexibility index (Phi) is 6.82. The van der Waals surface area contributed by atoms with Crippen molar-refractivity contribution in [2.24, 2.45) is 0 Å². The summed E-state index contributed by atoms with van der Waals surface area (Å²) in [6.07, 6.45) is 3.72. The van der Waals surface area contributed by atoms with Crippen LogP contribution in [-0.4, -0.2) is 42.2 Å². The van der Waals surface area contributed by atoms with Gasteiger partial charge in [-0.1, -0.05) is 12.1 Å². The second-order valence-electron chi connectivity index (χ2n) is 4.99. The van der Waals surface area contributed by atoms with E-state index in [1.54, 1.807) is 7.11 Å². The van der Waals surface area contributed by atoms with E-state index in [-0.39, 0.29) is 18.4 Å². The smallest absolute Gasteiger partial charge is 0.320 e. The maximum Gasteiger partial charge on any atom is 0.320 e. The van der Waals surface area contributed by atoms with Crippen LogP contribution >= 0.6 is 12.4 Å². The third-order valence-corrected chi connectivity index (χ3v) is 3.69. The van der Waals surface area contributed by atoms with Gasteiger partial charge in [0, 0.05) is 0 Å². The average Bonchev–Trinajstić information content (AvgIpc) is 2.87.